The summed E-state index contributed by atoms with van der Waals surface area (Å²) in [4.78, 5) is 10.6. The number of aromatic nitrogens is 2. The van der Waals surface area contributed by atoms with E-state index in [2.05, 4.69) is 10.2 Å². The van der Waals surface area contributed by atoms with Crippen molar-refractivity contribution in [2.24, 2.45) is 5.73 Å². The first-order chi connectivity index (χ1) is 8.69. The fourth-order valence-electron chi connectivity index (χ4n) is 1.25. The quantitative estimate of drug-likeness (QED) is 0.820. The molecule has 1 aromatic carbocycles. The number of nitrogens with two attached hydrogens (primary N) is 1. The lowest BCUT2D eigenvalue weighted by molar-refractivity contribution is -0.115. The monoisotopic (exact) mass is 265 g/mol. The number of hydrogen-bond acceptors (Lipinski definition) is 6. The molecule has 0 fully saturated rings. The Labute approximate surface area is 108 Å². The number of nitrogens with zero attached hydrogens (tertiary/aromatic N) is 2. The van der Waals surface area contributed by atoms with Crippen molar-refractivity contribution < 1.29 is 13.9 Å². The van der Waals surface area contributed by atoms with E-state index in [9.17, 15) is 4.79 Å². The van der Waals surface area contributed by atoms with Gasteiger partial charge in [0.15, 0.2) is 0 Å². The predicted octanol–water partition coefficient (Wildman–Crippen LogP) is 1.32. The number of ether oxygens (including phenoxy) is 1. The fourth-order valence-corrected chi connectivity index (χ4v) is 1.75. The number of hydrogen-bond donors (Lipinski definition) is 1. The molecule has 18 heavy (non-hydrogen) atoms. The first kappa shape index (κ1) is 12.4. The third-order valence-electron chi connectivity index (χ3n) is 2.08. The summed E-state index contributed by atoms with van der Waals surface area (Å²) in [5.74, 6) is 0.833. The molecule has 1 aromatic heterocycles. The molecule has 0 spiro atoms. The highest BCUT2D eigenvalue weighted by atomic mass is 32.2. The molecule has 0 saturated carbocycles. The second-order valence-corrected chi connectivity index (χ2v) is 4.28. The van der Waals surface area contributed by atoms with Crippen LogP contribution in [0.4, 0.5) is 0 Å². The summed E-state index contributed by atoms with van der Waals surface area (Å²) in [6.07, 6.45) is 0. The van der Waals surface area contributed by atoms with Crippen LogP contribution in [-0.4, -0.2) is 29.0 Å². The van der Waals surface area contributed by atoms with Gasteiger partial charge < -0.3 is 14.9 Å². The smallest absolute Gasteiger partial charge is 0.277 e. The van der Waals surface area contributed by atoms with Crippen LogP contribution in [0.5, 0.6) is 5.75 Å². The minimum atomic E-state index is -0.427. The van der Waals surface area contributed by atoms with Gasteiger partial charge in [0, 0.05) is 5.56 Å². The summed E-state index contributed by atoms with van der Waals surface area (Å²) in [6, 6.07) is 7.23. The highest BCUT2D eigenvalue weighted by molar-refractivity contribution is 7.99. The van der Waals surface area contributed by atoms with Crippen molar-refractivity contribution in [3.8, 4) is 17.2 Å². The van der Waals surface area contributed by atoms with E-state index < -0.39 is 5.91 Å². The Morgan fingerprint density at radius 1 is 1.39 bits per heavy atom. The van der Waals surface area contributed by atoms with Gasteiger partial charge in [0.2, 0.25) is 11.8 Å². The van der Waals surface area contributed by atoms with Gasteiger partial charge in [-0.1, -0.05) is 11.8 Å². The van der Waals surface area contributed by atoms with E-state index in [0.717, 1.165) is 23.1 Å². The maximum absolute atomic E-state index is 10.6. The summed E-state index contributed by atoms with van der Waals surface area (Å²) >= 11 is 1.11. The largest absolute Gasteiger partial charge is 0.497 e. The van der Waals surface area contributed by atoms with Crippen molar-refractivity contribution in [3.05, 3.63) is 24.3 Å². The van der Waals surface area contributed by atoms with Crippen molar-refractivity contribution in [1.82, 2.24) is 10.2 Å². The van der Waals surface area contributed by atoms with Crippen molar-refractivity contribution >= 4 is 17.7 Å². The van der Waals surface area contributed by atoms with Gasteiger partial charge in [0.1, 0.15) is 5.75 Å². The summed E-state index contributed by atoms with van der Waals surface area (Å²) in [6.45, 7) is 0. The minimum Gasteiger partial charge on any atom is -0.497 e. The number of carbonyl (C=O) groups excluding carboxylic acids is 1. The Morgan fingerprint density at radius 2 is 2.11 bits per heavy atom. The van der Waals surface area contributed by atoms with Gasteiger partial charge in [-0.15, -0.1) is 10.2 Å². The first-order valence-corrected chi connectivity index (χ1v) is 6.06. The van der Waals surface area contributed by atoms with Gasteiger partial charge in [-0.3, -0.25) is 4.79 Å². The van der Waals surface area contributed by atoms with Crippen molar-refractivity contribution in [2.45, 2.75) is 5.22 Å². The molecule has 0 radical (unpaired) electrons. The van der Waals surface area contributed by atoms with Crippen LogP contribution < -0.4 is 10.5 Å². The Hall–Kier alpha value is -2.02. The summed E-state index contributed by atoms with van der Waals surface area (Å²) in [5, 5.41) is 8.02. The molecule has 0 saturated heterocycles. The normalized spacial score (nSPS) is 10.3. The Kier molecular flexibility index (Phi) is 3.83. The lowest BCUT2D eigenvalue weighted by atomic mass is 10.2. The number of rotatable bonds is 5. The summed E-state index contributed by atoms with van der Waals surface area (Å²) in [7, 11) is 1.60. The van der Waals surface area contributed by atoms with Gasteiger partial charge >= 0.3 is 0 Å². The van der Waals surface area contributed by atoms with Crippen molar-refractivity contribution in [2.75, 3.05) is 12.9 Å². The molecule has 0 aliphatic carbocycles. The van der Waals surface area contributed by atoms with Gasteiger partial charge in [0.25, 0.3) is 5.22 Å². The minimum absolute atomic E-state index is 0.115. The molecule has 1 amide bonds. The maximum atomic E-state index is 10.6. The Balaban J connectivity index is 2.10. The lowest BCUT2D eigenvalue weighted by Gasteiger charge is -1.99. The number of carbonyl (C=O) groups is 1. The molecule has 2 rings (SSSR count). The number of benzene rings is 1. The maximum Gasteiger partial charge on any atom is 0.277 e. The van der Waals surface area contributed by atoms with Gasteiger partial charge in [0.05, 0.1) is 12.9 Å². The lowest BCUT2D eigenvalue weighted by Crippen LogP contribution is -2.12. The summed E-state index contributed by atoms with van der Waals surface area (Å²) < 4.78 is 10.4. The average molecular weight is 265 g/mol. The molecule has 0 bridgehead atoms. The molecule has 94 valence electrons. The highest BCUT2D eigenvalue weighted by Crippen LogP contribution is 2.24. The molecular formula is C11H11N3O3S. The zero-order chi connectivity index (χ0) is 13.0. The molecule has 0 unspecified atom stereocenters. The van der Waals surface area contributed by atoms with E-state index in [1.165, 1.54) is 0 Å². The fraction of sp³-hybridized carbons (Fsp3) is 0.182. The zero-order valence-electron chi connectivity index (χ0n) is 9.62. The van der Waals surface area contributed by atoms with Crippen LogP contribution in [0.2, 0.25) is 0 Å². The van der Waals surface area contributed by atoms with Gasteiger partial charge in [-0.2, -0.15) is 0 Å². The second-order valence-electron chi connectivity index (χ2n) is 3.36. The molecule has 2 N–H and O–H groups in total. The van der Waals surface area contributed by atoms with Crippen LogP contribution in [0.3, 0.4) is 0 Å². The molecule has 0 aliphatic heterocycles. The highest BCUT2D eigenvalue weighted by Gasteiger charge is 2.09. The van der Waals surface area contributed by atoms with Crippen LogP contribution in [0.15, 0.2) is 33.9 Å². The van der Waals surface area contributed by atoms with Crippen molar-refractivity contribution in [3.63, 3.8) is 0 Å². The van der Waals surface area contributed by atoms with Crippen LogP contribution >= 0.6 is 11.8 Å². The molecule has 2 aromatic rings. The van der Waals surface area contributed by atoms with Gasteiger partial charge in [-0.05, 0) is 24.3 Å². The number of primary amides is 1. The first-order valence-electron chi connectivity index (χ1n) is 5.08. The van der Waals surface area contributed by atoms with Crippen LogP contribution in [0.25, 0.3) is 11.5 Å². The third-order valence-corrected chi connectivity index (χ3v) is 2.92. The van der Waals surface area contributed by atoms with E-state index in [1.54, 1.807) is 19.2 Å². The molecule has 0 atom stereocenters. The summed E-state index contributed by atoms with van der Waals surface area (Å²) in [5.41, 5.74) is 5.81. The topological polar surface area (TPSA) is 91.2 Å². The van der Waals surface area contributed by atoms with Gasteiger partial charge in [-0.25, -0.2) is 0 Å². The predicted molar refractivity (Wildman–Crippen MR) is 66.2 cm³/mol. The second kappa shape index (κ2) is 5.54. The van der Waals surface area contributed by atoms with Crippen LogP contribution in [0.1, 0.15) is 0 Å². The van der Waals surface area contributed by atoms with E-state index in [-0.39, 0.29) is 5.75 Å². The zero-order valence-corrected chi connectivity index (χ0v) is 10.4. The number of methoxy groups -OCH3 is 1. The molecule has 6 nitrogen and oxygen atoms in total. The molecule has 1 heterocycles. The Morgan fingerprint density at radius 3 is 2.72 bits per heavy atom. The van der Waals surface area contributed by atoms with Crippen LogP contribution in [0, 0.1) is 0 Å². The number of thioether (sulfide) groups is 1. The standard InChI is InChI=1S/C11H11N3O3S/c1-16-8-4-2-7(3-5-8)10-13-14-11(17-10)18-6-9(12)15/h2-5H,6H2,1H3,(H2,12,15). The van der Waals surface area contributed by atoms with E-state index >= 15 is 0 Å². The average Bonchev–Trinajstić information content (AvgIpc) is 2.85. The van der Waals surface area contributed by atoms with E-state index in [4.69, 9.17) is 14.9 Å². The third kappa shape index (κ3) is 3.01. The van der Waals surface area contributed by atoms with E-state index in [1.807, 2.05) is 12.1 Å². The molecule has 0 aliphatic rings. The van der Waals surface area contributed by atoms with E-state index in [0.29, 0.717) is 11.1 Å². The molecule has 7 heteroatoms. The number of amides is 1. The van der Waals surface area contributed by atoms with Crippen molar-refractivity contribution in [1.29, 1.82) is 0 Å². The molecular weight excluding hydrogens is 254 g/mol. The van der Waals surface area contributed by atoms with Crippen LogP contribution in [-0.2, 0) is 4.79 Å². The Bertz CT molecular complexity index is 539. The SMILES string of the molecule is COc1ccc(-c2nnc(SCC(N)=O)o2)cc1.